The molecular weight excluding hydrogens is 558 g/mol. The minimum absolute atomic E-state index is 0.0262. The molecule has 5 nitrogen and oxygen atoms in total. The highest BCUT2D eigenvalue weighted by molar-refractivity contribution is 5.73. The molecule has 0 heterocycles. The van der Waals surface area contributed by atoms with Crippen LogP contribution in [0.5, 0.6) is 0 Å². The Morgan fingerprint density at radius 2 is 1.60 bits per heavy atom. The van der Waals surface area contributed by atoms with Gasteiger partial charge in [-0.2, -0.15) is 0 Å². The molecule has 0 amide bonds. The van der Waals surface area contributed by atoms with E-state index in [2.05, 4.69) is 60.4 Å². The number of allylic oxidation sites excluding steroid dienone is 1. The Balaban J connectivity index is 1.38. The average Bonchev–Trinajstić information content (AvgIpc) is 3.30. The van der Waals surface area contributed by atoms with E-state index < -0.39 is 11.4 Å². The zero-order valence-electron chi connectivity index (χ0n) is 30.4. The summed E-state index contributed by atoms with van der Waals surface area (Å²) in [5.41, 5.74) is 2.09. The van der Waals surface area contributed by atoms with Crippen LogP contribution in [0.25, 0.3) is 0 Å². The van der Waals surface area contributed by atoms with E-state index in [1.54, 1.807) is 0 Å². The number of carboxylic acids is 1. The number of hydrogen-bond acceptors (Lipinski definition) is 4. The van der Waals surface area contributed by atoms with E-state index in [9.17, 15) is 14.7 Å². The molecule has 0 unspecified atom stereocenters. The molecule has 45 heavy (non-hydrogen) atoms. The van der Waals surface area contributed by atoms with Crippen LogP contribution in [0.1, 0.15) is 146 Å². The summed E-state index contributed by atoms with van der Waals surface area (Å²) in [4.78, 5) is 24.5. The van der Waals surface area contributed by atoms with Crippen molar-refractivity contribution in [2.24, 2.45) is 62.1 Å². The molecule has 5 rings (SSSR count). The molecule has 0 saturated heterocycles. The topological polar surface area (TPSA) is 75.6 Å². The normalized spacial score (nSPS) is 43.8. The van der Waals surface area contributed by atoms with Gasteiger partial charge >= 0.3 is 11.9 Å². The molecule has 5 heteroatoms. The van der Waals surface area contributed by atoms with Crippen molar-refractivity contribution >= 4 is 11.9 Å². The molecule has 5 fully saturated rings. The van der Waals surface area contributed by atoms with Gasteiger partial charge in [-0.05, 0) is 147 Å². The van der Waals surface area contributed by atoms with Crippen molar-refractivity contribution in [1.29, 1.82) is 0 Å². The van der Waals surface area contributed by atoms with Crippen molar-refractivity contribution < 1.29 is 19.4 Å². The van der Waals surface area contributed by atoms with Crippen LogP contribution in [0.3, 0.4) is 0 Å². The van der Waals surface area contributed by atoms with Crippen LogP contribution in [-0.2, 0) is 14.3 Å². The van der Waals surface area contributed by atoms with Gasteiger partial charge < -0.3 is 15.2 Å². The third kappa shape index (κ3) is 5.65. The summed E-state index contributed by atoms with van der Waals surface area (Å²) in [5, 5.41) is 13.0. The molecular formula is C40H67NO4. The molecule has 0 aromatic heterocycles. The van der Waals surface area contributed by atoms with Crippen LogP contribution in [0.2, 0.25) is 0 Å². The van der Waals surface area contributed by atoms with Gasteiger partial charge in [0.1, 0.15) is 6.10 Å². The fraction of sp³-hybridized carbons (Fsp3) is 0.900. The number of nitrogens with one attached hydrogen (secondary N) is 1. The molecule has 2 N–H and O–H groups in total. The van der Waals surface area contributed by atoms with Gasteiger partial charge in [-0.25, -0.2) is 0 Å². The molecule has 0 radical (unpaired) electrons. The Hall–Kier alpha value is -1.36. The first-order valence-corrected chi connectivity index (χ1v) is 18.6. The summed E-state index contributed by atoms with van der Waals surface area (Å²) < 4.78 is 6.27. The van der Waals surface area contributed by atoms with Crippen molar-refractivity contribution in [3.05, 3.63) is 12.2 Å². The summed E-state index contributed by atoms with van der Waals surface area (Å²) in [7, 11) is 0. The number of esters is 1. The maximum Gasteiger partial charge on any atom is 0.306 e. The van der Waals surface area contributed by atoms with Crippen LogP contribution < -0.4 is 5.32 Å². The van der Waals surface area contributed by atoms with Gasteiger partial charge in [0.2, 0.25) is 0 Å². The van der Waals surface area contributed by atoms with Crippen LogP contribution in [-0.4, -0.2) is 36.2 Å². The van der Waals surface area contributed by atoms with E-state index in [1.165, 1.54) is 63.4 Å². The molecule has 5 aliphatic rings. The Morgan fingerprint density at radius 3 is 2.24 bits per heavy atom. The van der Waals surface area contributed by atoms with Crippen LogP contribution in [0.4, 0.5) is 0 Å². The first-order valence-electron chi connectivity index (χ1n) is 18.6. The Labute approximate surface area is 275 Å². The minimum Gasteiger partial charge on any atom is -0.481 e. The lowest BCUT2D eigenvalue weighted by Crippen LogP contribution is -2.66. The first kappa shape index (κ1) is 35.0. The third-order valence-electron chi connectivity index (χ3n) is 15.8. The lowest BCUT2D eigenvalue weighted by molar-refractivity contribution is -0.250. The number of carboxylic acid groups (broad SMARTS) is 1. The van der Waals surface area contributed by atoms with Gasteiger partial charge in [0, 0.05) is 5.41 Å². The Bertz CT molecular complexity index is 1160. The van der Waals surface area contributed by atoms with Crippen molar-refractivity contribution in [1.82, 2.24) is 5.32 Å². The Morgan fingerprint density at radius 1 is 0.889 bits per heavy atom. The highest BCUT2D eigenvalue weighted by Gasteiger charge is 2.71. The number of aliphatic carboxylic acids is 1. The monoisotopic (exact) mass is 626 g/mol. The SMILES string of the molecule is C=C(C)[C@@H]1CC[C@]2(CCNCC)CC[C@]3(C)[C@H](CC[C@@H]4[C@@]5(C)CC[C@H](OC(=O)CC(C)(C)CC(=O)O)C(C)(C)[C@@H]5CC[C@]43C)[C@@H]12. The predicted molar refractivity (Wildman–Crippen MR) is 183 cm³/mol. The quantitative estimate of drug-likeness (QED) is 0.144. The second-order valence-corrected chi connectivity index (χ2v) is 18.9. The number of hydrogen-bond donors (Lipinski definition) is 2. The minimum atomic E-state index is -0.865. The highest BCUT2D eigenvalue weighted by atomic mass is 16.5. The standard InChI is InChI=1S/C40H67NO4/c1-11-41-23-22-40-19-14-27(26(2)3)34(40)28-12-13-30-37(8)17-16-31(45-33(44)25-35(4,5)24-32(42)43)36(6,7)29(37)15-18-39(30,10)38(28,9)20-21-40/h27-31,34,41H,2,11-25H2,1,3-10H3,(H,42,43)/t27-,28+,29-,30+,31-,34+,37-,38+,39+,40+/m0/s1. The van der Waals surface area contributed by atoms with Crippen LogP contribution >= 0.6 is 0 Å². The third-order valence-corrected chi connectivity index (χ3v) is 15.8. The van der Waals surface area contributed by atoms with E-state index in [4.69, 9.17) is 4.74 Å². The summed E-state index contributed by atoms with van der Waals surface area (Å²) in [6.07, 6.45) is 14.0. The molecule has 256 valence electrons. The maximum absolute atomic E-state index is 13.2. The lowest BCUT2D eigenvalue weighted by Gasteiger charge is -2.73. The average molecular weight is 626 g/mol. The molecule has 0 aromatic carbocycles. The van der Waals surface area contributed by atoms with E-state index in [-0.39, 0.29) is 35.7 Å². The summed E-state index contributed by atoms with van der Waals surface area (Å²) >= 11 is 0. The van der Waals surface area contributed by atoms with E-state index >= 15 is 0 Å². The molecule has 5 saturated carbocycles. The summed E-state index contributed by atoms with van der Waals surface area (Å²) in [6.45, 7) is 27.8. The van der Waals surface area contributed by atoms with Crippen molar-refractivity contribution in [2.45, 2.75) is 152 Å². The first-order chi connectivity index (χ1) is 20.9. The largest absolute Gasteiger partial charge is 0.481 e. The zero-order chi connectivity index (χ0) is 33.2. The predicted octanol–water partition coefficient (Wildman–Crippen LogP) is 9.45. The van der Waals surface area contributed by atoms with Crippen LogP contribution in [0, 0.1) is 62.1 Å². The Kier molecular flexibility index (Phi) is 9.29. The number of fused-ring (bicyclic) bond motifs is 7. The molecule has 5 aliphatic carbocycles. The van der Waals surface area contributed by atoms with Gasteiger partial charge in [0.15, 0.2) is 0 Å². The fourth-order valence-electron chi connectivity index (χ4n) is 13.5. The van der Waals surface area contributed by atoms with Crippen LogP contribution in [0.15, 0.2) is 12.2 Å². The molecule has 0 aromatic rings. The van der Waals surface area contributed by atoms with Gasteiger partial charge in [0.05, 0.1) is 12.8 Å². The van der Waals surface area contributed by atoms with Crippen molar-refractivity contribution in [2.75, 3.05) is 13.1 Å². The van der Waals surface area contributed by atoms with Gasteiger partial charge in [-0.3, -0.25) is 9.59 Å². The number of rotatable bonds is 10. The number of carbonyl (C=O) groups is 2. The van der Waals surface area contributed by atoms with Gasteiger partial charge in [-0.15, -0.1) is 0 Å². The zero-order valence-corrected chi connectivity index (χ0v) is 30.4. The molecule has 0 bridgehead atoms. The van der Waals surface area contributed by atoms with E-state index in [1.807, 2.05) is 13.8 Å². The molecule has 0 aliphatic heterocycles. The van der Waals surface area contributed by atoms with Gasteiger partial charge in [0.25, 0.3) is 0 Å². The van der Waals surface area contributed by atoms with Crippen molar-refractivity contribution in [3.8, 4) is 0 Å². The molecule has 0 spiro atoms. The second-order valence-electron chi connectivity index (χ2n) is 18.9. The van der Waals surface area contributed by atoms with Gasteiger partial charge in [-0.1, -0.05) is 67.5 Å². The lowest BCUT2D eigenvalue weighted by atomic mass is 9.32. The highest BCUT2D eigenvalue weighted by Crippen LogP contribution is 2.78. The summed E-state index contributed by atoms with van der Waals surface area (Å²) in [6, 6.07) is 0. The second kappa shape index (κ2) is 12.0. The number of carbonyl (C=O) groups excluding carboxylic acids is 1. The maximum atomic E-state index is 13.2. The van der Waals surface area contributed by atoms with Crippen molar-refractivity contribution in [3.63, 3.8) is 0 Å². The number of ether oxygens (including phenoxy) is 1. The summed E-state index contributed by atoms with van der Waals surface area (Å²) in [5.74, 6) is 2.32. The molecule has 10 atom stereocenters. The fourth-order valence-corrected chi connectivity index (χ4v) is 13.5. The smallest absolute Gasteiger partial charge is 0.306 e. The van der Waals surface area contributed by atoms with E-state index in [0.717, 1.165) is 37.8 Å². The van der Waals surface area contributed by atoms with E-state index in [0.29, 0.717) is 34.0 Å².